The lowest BCUT2D eigenvalue weighted by Crippen LogP contribution is -2.46. The predicted octanol–water partition coefficient (Wildman–Crippen LogP) is 0.255. The first-order valence-electron chi connectivity index (χ1n) is 6.85. The molecule has 2 N–H and O–H groups in total. The zero-order valence-corrected chi connectivity index (χ0v) is 12.4. The molecular weight excluding hydrogens is 294 g/mol. The molecule has 0 bridgehead atoms. The third kappa shape index (κ3) is 4.48. The molecule has 0 saturated carbocycles. The lowest BCUT2D eigenvalue weighted by molar-refractivity contribution is -0.142. The van der Waals surface area contributed by atoms with Crippen molar-refractivity contribution >= 4 is 16.2 Å². The van der Waals surface area contributed by atoms with Crippen LogP contribution < -0.4 is 4.72 Å². The van der Waals surface area contributed by atoms with Gasteiger partial charge in [-0.05, 0) is 37.0 Å². The van der Waals surface area contributed by atoms with Gasteiger partial charge in [-0.25, -0.2) is 4.72 Å². The average Bonchev–Trinajstić information content (AvgIpc) is 2.48. The number of pyridine rings is 1. The molecule has 21 heavy (non-hydrogen) atoms. The van der Waals surface area contributed by atoms with Crippen molar-refractivity contribution in [1.29, 1.82) is 0 Å². The second-order valence-corrected chi connectivity index (χ2v) is 6.77. The summed E-state index contributed by atoms with van der Waals surface area (Å²) in [5.41, 5.74) is 1.01. The number of carboxylic acids is 1. The average molecular weight is 313 g/mol. The maximum atomic E-state index is 12.1. The Balaban J connectivity index is 1.81. The molecule has 0 spiro atoms. The van der Waals surface area contributed by atoms with Gasteiger partial charge in [0, 0.05) is 32.0 Å². The van der Waals surface area contributed by atoms with Gasteiger partial charge in [0.05, 0.1) is 5.92 Å². The molecule has 0 unspecified atom stereocenters. The number of hydrogen-bond acceptors (Lipinski definition) is 4. The summed E-state index contributed by atoms with van der Waals surface area (Å²) in [5, 5.41) is 8.91. The highest BCUT2D eigenvalue weighted by Crippen LogP contribution is 2.19. The van der Waals surface area contributed by atoms with Crippen molar-refractivity contribution in [3.8, 4) is 0 Å². The van der Waals surface area contributed by atoms with Crippen LogP contribution in [-0.2, 0) is 21.4 Å². The molecule has 2 rings (SSSR count). The number of carbonyl (C=O) groups is 1. The molecule has 0 aromatic carbocycles. The van der Waals surface area contributed by atoms with Gasteiger partial charge in [-0.2, -0.15) is 12.7 Å². The van der Waals surface area contributed by atoms with Crippen LogP contribution in [0.2, 0.25) is 0 Å². The van der Waals surface area contributed by atoms with Gasteiger partial charge in [-0.1, -0.05) is 0 Å². The number of piperidine rings is 1. The van der Waals surface area contributed by atoms with E-state index in [2.05, 4.69) is 9.71 Å². The number of nitrogens with one attached hydrogen (secondary N) is 1. The van der Waals surface area contributed by atoms with Crippen LogP contribution in [0.25, 0.3) is 0 Å². The Hall–Kier alpha value is -1.51. The molecule has 0 aliphatic carbocycles. The highest BCUT2D eigenvalue weighted by atomic mass is 32.2. The van der Waals surface area contributed by atoms with Crippen molar-refractivity contribution in [2.45, 2.75) is 19.3 Å². The first-order valence-corrected chi connectivity index (χ1v) is 8.29. The van der Waals surface area contributed by atoms with Gasteiger partial charge in [-0.3, -0.25) is 9.78 Å². The third-order valence-electron chi connectivity index (χ3n) is 3.59. The first-order chi connectivity index (χ1) is 9.99. The number of rotatable bonds is 6. The van der Waals surface area contributed by atoms with E-state index in [4.69, 9.17) is 5.11 Å². The highest BCUT2D eigenvalue weighted by molar-refractivity contribution is 7.87. The summed E-state index contributed by atoms with van der Waals surface area (Å²) in [5.74, 6) is -1.29. The third-order valence-corrected chi connectivity index (χ3v) is 5.20. The molecule has 1 aliphatic heterocycles. The van der Waals surface area contributed by atoms with Crippen LogP contribution in [0.5, 0.6) is 0 Å². The lowest BCUT2D eigenvalue weighted by atomic mass is 9.99. The number of carboxylic acid groups (broad SMARTS) is 1. The van der Waals surface area contributed by atoms with Crippen LogP contribution >= 0.6 is 0 Å². The van der Waals surface area contributed by atoms with Gasteiger partial charge in [0.15, 0.2) is 0 Å². The van der Waals surface area contributed by atoms with E-state index < -0.39 is 22.1 Å². The van der Waals surface area contributed by atoms with E-state index in [1.165, 1.54) is 4.31 Å². The smallest absolute Gasteiger partial charge is 0.306 e. The van der Waals surface area contributed by atoms with Gasteiger partial charge in [0.2, 0.25) is 0 Å². The Kier molecular flexibility index (Phi) is 5.27. The van der Waals surface area contributed by atoms with Crippen molar-refractivity contribution in [1.82, 2.24) is 14.0 Å². The molecule has 0 amide bonds. The van der Waals surface area contributed by atoms with Gasteiger partial charge in [-0.15, -0.1) is 0 Å². The summed E-state index contributed by atoms with van der Waals surface area (Å²) >= 11 is 0. The van der Waals surface area contributed by atoms with Crippen molar-refractivity contribution in [2.24, 2.45) is 5.92 Å². The molecule has 1 saturated heterocycles. The van der Waals surface area contributed by atoms with E-state index in [0.29, 0.717) is 25.8 Å². The van der Waals surface area contributed by atoms with Crippen LogP contribution in [-0.4, -0.2) is 48.4 Å². The molecule has 116 valence electrons. The molecule has 0 radical (unpaired) electrons. The minimum atomic E-state index is -3.53. The summed E-state index contributed by atoms with van der Waals surface area (Å²) in [6, 6.07) is 3.68. The first kappa shape index (κ1) is 15.9. The Bertz CT molecular complexity index is 568. The van der Waals surface area contributed by atoms with E-state index in [9.17, 15) is 13.2 Å². The minimum Gasteiger partial charge on any atom is -0.481 e. The van der Waals surface area contributed by atoms with Crippen molar-refractivity contribution in [3.05, 3.63) is 30.1 Å². The second-order valence-electron chi connectivity index (χ2n) is 5.02. The summed E-state index contributed by atoms with van der Waals surface area (Å²) in [4.78, 5) is 14.8. The van der Waals surface area contributed by atoms with Crippen LogP contribution in [0.1, 0.15) is 18.4 Å². The monoisotopic (exact) mass is 313 g/mol. The molecule has 1 aromatic rings. The van der Waals surface area contributed by atoms with E-state index in [1.54, 1.807) is 12.4 Å². The van der Waals surface area contributed by atoms with E-state index >= 15 is 0 Å². The van der Waals surface area contributed by atoms with Gasteiger partial charge in [0.1, 0.15) is 0 Å². The summed E-state index contributed by atoms with van der Waals surface area (Å²) < 4.78 is 28.1. The zero-order chi connectivity index (χ0) is 15.3. The second kappa shape index (κ2) is 6.97. The van der Waals surface area contributed by atoms with E-state index in [0.717, 1.165) is 5.56 Å². The summed E-state index contributed by atoms with van der Waals surface area (Å²) in [6.07, 6.45) is 4.65. The summed E-state index contributed by atoms with van der Waals surface area (Å²) in [6.45, 7) is 0.814. The van der Waals surface area contributed by atoms with Crippen LogP contribution in [0.4, 0.5) is 0 Å². The SMILES string of the molecule is O=C(O)C1CCN(S(=O)(=O)NCCc2ccncc2)CC1. The number of aliphatic carboxylic acids is 1. The normalized spacial score (nSPS) is 17.7. The highest BCUT2D eigenvalue weighted by Gasteiger charge is 2.30. The van der Waals surface area contributed by atoms with Crippen molar-refractivity contribution in [2.75, 3.05) is 19.6 Å². The van der Waals surface area contributed by atoms with Crippen LogP contribution in [0.15, 0.2) is 24.5 Å². The molecule has 0 atom stereocenters. The Morgan fingerprint density at radius 3 is 2.52 bits per heavy atom. The topological polar surface area (TPSA) is 99.6 Å². The molecular formula is C13H19N3O4S. The van der Waals surface area contributed by atoms with Crippen LogP contribution in [0, 0.1) is 5.92 Å². The van der Waals surface area contributed by atoms with E-state index in [1.807, 2.05) is 12.1 Å². The van der Waals surface area contributed by atoms with Crippen molar-refractivity contribution in [3.63, 3.8) is 0 Å². The maximum Gasteiger partial charge on any atom is 0.306 e. The number of aromatic nitrogens is 1. The lowest BCUT2D eigenvalue weighted by Gasteiger charge is -2.29. The Morgan fingerprint density at radius 1 is 1.33 bits per heavy atom. The molecule has 8 heteroatoms. The standard InChI is InChI=1S/C13H19N3O4S/c17-13(18)12-4-9-16(10-5-12)21(19,20)15-8-3-11-1-6-14-7-2-11/h1-2,6-7,12,15H,3-5,8-10H2,(H,17,18). The van der Waals surface area contributed by atoms with E-state index in [-0.39, 0.29) is 13.1 Å². The largest absolute Gasteiger partial charge is 0.481 e. The van der Waals surface area contributed by atoms with Gasteiger partial charge in [0.25, 0.3) is 10.2 Å². The maximum absolute atomic E-state index is 12.1. The van der Waals surface area contributed by atoms with Crippen molar-refractivity contribution < 1.29 is 18.3 Å². The zero-order valence-electron chi connectivity index (χ0n) is 11.6. The van der Waals surface area contributed by atoms with Gasteiger partial charge >= 0.3 is 5.97 Å². The molecule has 1 aliphatic rings. The predicted molar refractivity (Wildman–Crippen MR) is 76.8 cm³/mol. The Morgan fingerprint density at radius 2 is 1.95 bits per heavy atom. The summed E-state index contributed by atoms with van der Waals surface area (Å²) in [7, 11) is -3.53. The molecule has 1 aromatic heterocycles. The Labute approximate surface area is 124 Å². The number of hydrogen-bond donors (Lipinski definition) is 2. The quantitative estimate of drug-likeness (QED) is 0.784. The molecule has 2 heterocycles. The molecule has 7 nitrogen and oxygen atoms in total. The fourth-order valence-electron chi connectivity index (χ4n) is 2.31. The molecule has 1 fully saturated rings. The fraction of sp³-hybridized carbons (Fsp3) is 0.538. The minimum absolute atomic E-state index is 0.252. The van der Waals surface area contributed by atoms with Crippen LogP contribution in [0.3, 0.4) is 0 Å². The fourth-order valence-corrected chi connectivity index (χ4v) is 3.54. The van der Waals surface area contributed by atoms with Gasteiger partial charge < -0.3 is 5.11 Å². The number of nitrogens with zero attached hydrogens (tertiary/aromatic N) is 2.